The molecular formula is C16H27N3O. The molecule has 0 saturated heterocycles. The van der Waals surface area contributed by atoms with E-state index in [1.165, 1.54) is 16.8 Å². The van der Waals surface area contributed by atoms with E-state index in [0.29, 0.717) is 13.1 Å². The monoisotopic (exact) mass is 277 g/mol. The van der Waals surface area contributed by atoms with E-state index in [0.717, 1.165) is 19.5 Å². The Morgan fingerprint density at radius 2 is 2.15 bits per heavy atom. The second kappa shape index (κ2) is 6.12. The molecule has 1 aliphatic heterocycles. The standard InChI is InChI=1S/C16H27N3O/c1-16(20,12-18(2)3)11-17-10-13-5-6-15-14(9-13)7-8-19(15)4/h5-6,9,17,20H,7-8,10-12H2,1-4H3. The van der Waals surface area contributed by atoms with Gasteiger partial charge in [0, 0.05) is 38.9 Å². The molecule has 0 bridgehead atoms. The summed E-state index contributed by atoms with van der Waals surface area (Å²) < 4.78 is 0. The van der Waals surface area contributed by atoms with Gasteiger partial charge < -0.3 is 20.2 Å². The lowest BCUT2D eigenvalue weighted by Gasteiger charge is -2.27. The van der Waals surface area contributed by atoms with E-state index in [1.54, 1.807) is 0 Å². The van der Waals surface area contributed by atoms with Crippen molar-refractivity contribution in [3.05, 3.63) is 29.3 Å². The van der Waals surface area contributed by atoms with Gasteiger partial charge >= 0.3 is 0 Å². The molecule has 1 aromatic carbocycles. The first kappa shape index (κ1) is 15.3. The minimum absolute atomic E-state index is 0.599. The summed E-state index contributed by atoms with van der Waals surface area (Å²) in [6.45, 7) is 5.05. The van der Waals surface area contributed by atoms with Crippen molar-refractivity contribution in [2.24, 2.45) is 0 Å². The molecule has 20 heavy (non-hydrogen) atoms. The van der Waals surface area contributed by atoms with Crippen LogP contribution in [-0.2, 0) is 13.0 Å². The van der Waals surface area contributed by atoms with Crippen LogP contribution in [0.5, 0.6) is 0 Å². The molecule has 0 aliphatic carbocycles. The van der Waals surface area contributed by atoms with E-state index in [4.69, 9.17) is 0 Å². The molecule has 1 atom stereocenters. The number of aliphatic hydroxyl groups is 1. The molecular weight excluding hydrogens is 250 g/mol. The van der Waals surface area contributed by atoms with Gasteiger partial charge in [0.1, 0.15) is 0 Å². The van der Waals surface area contributed by atoms with Crippen LogP contribution in [0.1, 0.15) is 18.1 Å². The highest BCUT2D eigenvalue weighted by molar-refractivity contribution is 5.58. The molecule has 0 amide bonds. The van der Waals surface area contributed by atoms with Gasteiger partial charge in [-0.2, -0.15) is 0 Å². The van der Waals surface area contributed by atoms with E-state index in [1.807, 2.05) is 25.9 Å². The minimum atomic E-state index is -0.694. The maximum atomic E-state index is 10.2. The van der Waals surface area contributed by atoms with E-state index in [9.17, 15) is 5.11 Å². The predicted octanol–water partition coefficient (Wildman–Crippen LogP) is 1.08. The average Bonchev–Trinajstić information content (AvgIpc) is 2.69. The molecule has 0 radical (unpaired) electrons. The van der Waals surface area contributed by atoms with E-state index >= 15 is 0 Å². The van der Waals surface area contributed by atoms with Gasteiger partial charge in [0.25, 0.3) is 0 Å². The molecule has 0 fully saturated rings. The number of benzene rings is 1. The Kier molecular flexibility index (Phi) is 4.68. The summed E-state index contributed by atoms with van der Waals surface area (Å²) in [5.41, 5.74) is 3.39. The fourth-order valence-electron chi connectivity index (χ4n) is 2.94. The molecule has 4 heteroatoms. The van der Waals surface area contributed by atoms with Gasteiger partial charge in [0.05, 0.1) is 5.60 Å². The third-order valence-electron chi connectivity index (χ3n) is 3.76. The fourth-order valence-corrected chi connectivity index (χ4v) is 2.94. The number of fused-ring (bicyclic) bond motifs is 1. The Bertz CT molecular complexity index is 457. The van der Waals surface area contributed by atoms with Crippen LogP contribution >= 0.6 is 0 Å². The highest BCUT2D eigenvalue weighted by atomic mass is 16.3. The maximum Gasteiger partial charge on any atom is 0.0869 e. The topological polar surface area (TPSA) is 38.7 Å². The summed E-state index contributed by atoms with van der Waals surface area (Å²) >= 11 is 0. The summed E-state index contributed by atoms with van der Waals surface area (Å²) in [7, 11) is 6.10. The van der Waals surface area contributed by atoms with Crippen LogP contribution in [0.25, 0.3) is 0 Å². The van der Waals surface area contributed by atoms with Gasteiger partial charge in [-0.15, -0.1) is 0 Å². The molecule has 0 aromatic heterocycles. The van der Waals surface area contributed by atoms with E-state index in [2.05, 4.69) is 35.5 Å². The fraction of sp³-hybridized carbons (Fsp3) is 0.625. The highest BCUT2D eigenvalue weighted by Crippen LogP contribution is 2.27. The van der Waals surface area contributed by atoms with Crippen LogP contribution in [0.15, 0.2) is 18.2 Å². The van der Waals surface area contributed by atoms with Crippen molar-refractivity contribution in [1.82, 2.24) is 10.2 Å². The Morgan fingerprint density at radius 1 is 1.40 bits per heavy atom. The predicted molar refractivity (Wildman–Crippen MR) is 84.3 cm³/mol. The normalized spacial score (nSPS) is 17.4. The average molecular weight is 277 g/mol. The van der Waals surface area contributed by atoms with Crippen LogP contribution in [-0.4, -0.2) is 56.4 Å². The van der Waals surface area contributed by atoms with Crippen molar-refractivity contribution >= 4 is 5.69 Å². The second-order valence-corrected chi connectivity index (χ2v) is 6.47. The van der Waals surface area contributed by atoms with Crippen molar-refractivity contribution < 1.29 is 5.11 Å². The molecule has 4 nitrogen and oxygen atoms in total. The maximum absolute atomic E-state index is 10.2. The van der Waals surface area contributed by atoms with Gasteiger partial charge in [0.15, 0.2) is 0 Å². The molecule has 1 heterocycles. The summed E-state index contributed by atoms with van der Waals surface area (Å²) in [6, 6.07) is 6.66. The number of hydrogen-bond donors (Lipinski definition) is 2. The van der Waals surface area contributed by atoms with Crippen molar-refractivity contribution in [3.8, 4) is 0 Å². The number of anilines is 1. The number of likely N-dealkylation sites (N-methyl/N-ethyl adjacent to an activating group) is 2. The van der Waals surface area contributed by atoms with Crippen LogP contribution in [0, 0.1) is 0 Å². The molecule has 1 aromatic rings. The van der Waals surface area contributed by atoms with Crippen molar-refractivity contribution in [2.45, 2.75) is 25.5 Å². The molecule has 1 aliphatic rings. The largest absolute Gasteiger partial charge is 0.388 e. The van der Waals surface area contributed by atoms with Crippen LogP contribution in [0.2, 0.25) is 0 Å². The minimum Gasteiger partial charge on any atom is -0.388 e. The zero-order chi connectivity index (χ0) is 14.8. The molecule has 2 N–H and O–H groups in total. The van der Waals surface area contributed by atoms with Crippen LogP contribution in [0.4, 0.5) is 5.69 Å². The summed E-state index contributed by atoms with van der Waals surface area (Å²) in [6.07, 6.45) is 1.14. The Balaban J connectivity index is 1.86. The van der Waals surface area contributed by atoms with Gasteiger partial charge in [-0.05, 0) is 44.6 Å². The van der Waals surface area contributed by atoms with Crippen molar-refractivity contribution in [2.75, 3.05) is 45.7 Å². The summed E-state index contributed by atoms with van der Waals surface area (Å²) in [4.78, 5) is 4.31. The van der Waals surface area contributed by atoms with E-state index in [-0.39, 0.29) is 0 Å². The first-order valence-corrected chi connectivity index (χ1v) is 7.28. The first-order valence-electron chi connectivity index (χ1n) is 7.28. The van der Waals surface area contributed by atoms with Gasteiger partial charge in [0.2, 0.25) is 0 Å². The van der Waals surface area contributed by atoms with Crippen molar-refractivity contribution in [3.63, 3.8) is 0 Å². The SMILES string of the molecule is CN(C)CC(C)(O)CNCc1ccc2c(c1)CCN2C. The molecule has 112 valence electrons. The number of nitrogens with zero attached hydrogens (tertiary/aromatic N) is 2. The lowest BCUT2D eigenvalue weighted by molar-refractivity contribution is 0.0336. The highest BCUT2D eigenvalue weighted by Gasteiger charge is 2.21. The molecule has 2 rings (SSSR count). The zero-order valence-electron chi connectivity index (χ0n) is 13.1. The summed E-state index contributed by atoms with van der Waals surface area (Å²) in [5, 5.41) is 13.6. The molecule has 0 saturated carbocycles. The smallest absolute Gasteiger partial charge is 0.0869 e. The third-order valence-corrected chi connectivity index (χ3v) is 3.76. The molecule has 0 spiro atoms. The Morgan fingerprint density at radius 3 is 2.85 bits per heavy atom. The number of hydrogen-bond acceptors (Lipinski definition) is 4. The van der Waals surface area contributed by atoms with E-state index < -0.39 is 5.60 Å². The third kappa shape index (κ3) is 3.95. The summed E-state index contributed by atoms with van der Waals surface area (Å²) in [5.74, 6) is 0. The quantitative estimate of drug-likeness (QED) is 0.816. The van der Waals surface area contributed by atoms with Crippen molar-refractivity contribution in [1.29, 1.82) is 0 Å². The first-order chi connectivity index (χ1) is 9.37. The zero-order valence-corrected chi connectivity index (χ0v) is 13.1. The van der Waals surface area contributed by atoms with Crippen LogP contribution < -0.4 is 10.2 Å². The van der Waals surface area contributed by atoms with Gasteiger partial charge in [-0.1, -0.05) is 12.1 Å². The Labute approximate surface area is 122 Å². The number of rotatable bonds is 6. The molecule has 1 unspecified atom stereocenters. The van der Waals surface area contributed by atoms with Gasteiger partial charge in [-0.25, -0.2) is 0 Å². The van der Waals surface area contributed by atoms with Crippen LogP contribution in [0.3, 0.4) is 0 Å². The van der Waals surface area contributed by atoms with Gasteiger partial charge in [-0.3, -0.25) is 0 Å². The number of nitrogens with one attached hydrogen (secondary N) is 1. The Hall–Kier alpha value is -1.10. The second-order valence-electron chi connectivity index (χ2n) is 6.47. The lowest BCUT2D eigenvalue weighted by Crippen LogP contribution is -2.45. The lowest BCUT2D eigenvalue weighted by atomic mass is 10.1.